The van der Waals surface area contributed by atoms with Gasteiger partial charge in [-0.25, -0.2) is 0 Å². The molecule has 1 aromatic carbocycles. The summed E-state index contributed by atoms with van der Waals surface area (Å²) in [6.07, 6.45) is 1.87. The molecule has 5 nitrogen and oxygen atoms in total. The third kappa shape index (κ3) is 3.72. The summed E-state index contributed by atoms with van der Waals surface area (Å²) in [5.41, 5.74) is 5.90. The summed E-state index contributed by atoms with van der Waals surface area (Å²) in [5, 5.41) is 8.97. The van der Waals surface area contributed by atoms with Crippen molar-refractivity contribution < 1.29 is 9.53 Å². The van der Waals surface area contributed by atoms with Crippen LogP contribution in [0, 0.1) is 17.2 Å². The molecule has 5 heteroatoms. The lowest BCUT2D eigenvalue weighted by molar-refractivity contribution is -0.123. The van der Waals surface area contributed by atoms with Crippen LogP contribution >= 0.6 is 0 Å². The van der Waals surface area contributed by atoms with E-state index >= 15 is 0 Å². The molecule has 1 saturated heterocycles. The number of primary amides is 1. The van der Waals surface area contributed by atoms with Crippen molar-refractivity contribution in [2.24, 2.45) is 11.7 Å². The van der Waals surface area contributed by atoms with E-state index in [9.17, 15) is 4.79 Å². The molecule has 0 saturated carbocycles. The number of carbonyl (C=O) groups is 1. The highest BCUT2D eigenvalue weighted by atomic mass is 16.5. The van der Waals surface area contributed by atoms with Crippen LogP contribution in [0.4, 0.5) is 0 Å². The summed E-state index contributed by atoms with van der Waals surface area (Å²) in [6, 6.07) is 9.29. The minimum absolute atomic E-state index is 0.0462. The van der Waals surface area contributed by atoms with Crippen LogP contribution in [0.5, 0.6) is 5.75 Å². The van der Waals surface area contributed by atoms with Gasteiger partial charge in [-0.1, -0.05) is 12.1 Å². The van der Waals surface area contributed by atoms with Gasteiger partial charge in [-0.15, -0.1) is 0 Å². The van der Waals surface area contributed by atoms with E-state index in [0.717, 1.165) is 25.9 Å². The van der Waals surface area contributed by atoms with Crippen LogP contribution in [0.2, 0.25) is 0 Å². The average Bonchev–Trinajstić information content (AvgIpc) is 2.48. The summed E-state index contributed by atoms with van der Waals surface area (Å²) in [5.74, 6) is 0.346. The standard InChI is InChI=1S/C15H19N3O2/c16-10-12-4-1-2-6-14(12)20-9-8-18-7-3-5-13(11-18)15(17)19/h1-2,4,6,13H,3,5,7-9,11H2,(H2,17,19). The molecule has 0 aromatic heterocycles. The van der Waals surface area contributed by atoms with Gasteiger partial charge in [0, 0.05) is 13.1 Å². The van der Waals surface area contributed by atoms with E-state index in [4.69, 9.17) is 15.7 Å². The summed E-state index contributed by atoms with van der Waals surface area (Å²) < 4.78 is 5.65. The molecule has 0 radical (unpaired) electrons. The molecule has 1 heterocycles. The number of amides is 1. The van der Waals surface area contributed by atoms with Crippen LogP contribution in [0.25, 0.3) is 0 Å². The van der Waals surface area contributed by atoms with Crippen LogP contribution in [0.3, 0.4) is 0 Å². The zero-order valence-electron chi connectivity index (χ0n) is 11.4. The minimum atomic E-state index is -0.217. The first-order valence-electron chi connectivity index (χ1n) is 6.84. The van der Waals surface area contributed by atoms with Crippen LogP contribution in [0.1, 0.15) is 18.4 Å². The molecule has 2 rings (SSSR count). The maximum absolute atomic E-state index is 11.2. The Balaban J connectivity index is 1.81. The van der Waals surface area contributed by atoms with Gasteiger partial charge in [0.25, 0.3) is 0 Å². The lowest BCUT2D eigenvalue weighted by Gasteiger charge is -2.30. The minimum Gasteiger partial charge on any atom is -0.491 e. The molecule has 20 heavy (non-hydrogen) atoms. The monoisotopic (exact) mass is 273 g/mol. The van der Waals surface area contributed by atoms with Crippen molar-refractivity contribution in [2.75, 3.05) is 26.2 Å². The smallest absolute Gasteiger partial charge is 0.221 e. The van der Waals surface area contributed by atoms with Crippen molar-refractivity contribution in [1.29, 1.82) is 5.26 Å². The molecule has 1 fully saturated rings. The number of nitriles is 1. The Kier molecular flexibility index (Phi) is 4.97. The molecular weight excluding hydrogens is 254 g/mol. The highest BCUT2D eigenvalue weighted by molar-refractivity contribution is 5.76. The van der Waals surface area contributed by atoms with Crippen molar-refractivity contribution in [3.63, 3.8) is 0 Å². The number of para-hydroxylation sites is 1. The second-order valence-electron chi connectivity index (χ2n) is 5.00. The van der Waals surface area contributed by atoms with Gasteiger partial charge < -0.3 is 10.5 Å². The fraction of sp³-hybridized carbons (Fsp3) is 0.467. The number of piperidine rings is 1. The van der Waals surface area contributed by atoms with Gasteiger partial charge in [0.15, 0.2) is 0 Å². The first-order valence-corrected chi connectivity index (χ1v) is 6.84. The van der Waals surface area contributed by atoms with Gasteiger partial charge in [0.2, 0.25) is 5.91 Å². The van der Waals surface area contributed by atoms with E-state index in [2.05, 4.69) is 11.0 Å². The Hall–Kier alpha value is -2.06. The Bertz CT molecular complexity index is 510. The Morgan fingerprint density at radius 3 is 3.05 bits per heavy atom. The van der Waals surface area contributed by atoms with Crippen LogP contribution in [-0.4, -0.2) is 37.0 Å². The number of rotatable bonds is 5. The summed E-state index contributed by atoms with van der Waals surface area (Å²) in [4.78, 5) is 13.4. The maximum Gasteiger partial charge on any atom is 0.221 e. The second-order valence-corrected chi connectivity index (χ2v) is 5.00. The van der Waals surface area contributed by atoms with Gasteiger partial charge in [-0.3, -0.25) is 9.69 Å². The molecule has 2 N–H and O–H groups in total. The quantitative estimate of drug-likeness (QED) is 0.872. The highest BCUT2D eigenvalue weighted by Gasteiger charge is 2.23. The largest absolute Gasteiger partial charge is 0.491 e. The van der Waals surface area contributed by atoms with E-state index in [0.29, 0.717) is 24.5 Å². The molecule has 0 aliphatic carbocycles. The van der Waals surface area contributed by atoms with Crippen molar-refractivity contribution >= 4 is 5.91 Å². The molecule has 1 aliphatic heterocycles. The third-order valence-electron chi connectivity index (χ3n) is 3.58. The highest BCUT2D eigenvalue weighted by Crippen LogP contribution is 2.18. The van der Waals surface area contributed by atoms with Crippen LogP contribution < -0.4 is 10.5 Å². The number of ether oxygens (including phenoxy) is 1. The van der Waals surface area contributed by atoms with Crippen molar-refractivity contribution in [3.8, 4) is 11.8 Å². The number of hydrogen-bond acceptors (Lipinski definition) is 4. The molecule has 1 aliphatic rings. The van der Waals surface area contributed by atoms with E-state index in [-0.39, 0.29) is 11.8 Å². The average molecular weight is 273 g/mol. The zero-order chi connectivity index (χ0) is 14.4. The SMILES string of the molecule is N#Cc1ccccc1OCCN1CCCC(C(N)=O)C1. The lowest BCUT2D eigenvalue weighted by atomic mass is 9.98. The molecule has 1 amide bonds. The third-order valence-corrected chi connectivity index (χ3v) is 3.58. The van der Waals surface area contributed by atoms with Gasteiger partial charge in [0.05, 0.1) is 11.5 Å². The second kappa shape index (κ2) is 6.92. The topological polar surface area (TPSA) is 79.3 Å². The van der Waals surface area contributed by atoms with Gasteiger partial charge in [-0.05, 0) is 31.5 Å². The Morgan fingerprint density at radius 1 is 1.50 bits per heavy atom. The predicted octanol–water partition coefficient (Wildman–Crippen LogP) is 1.13. The number of nitrogens with zero attached hydrogens (tertiary/aromatic N) is 2. The number of nitrogens with two attached hydrogens (primary N) is 1. The number of carbonyl (C=O) groups excluding carboxylic acids is 1. The van der Waals surface area contributed by atoms with E-state index in [1.807, 2.05) is 12.1 Å². The van der Waals surface area contributed by atoms with E-state index in [1.54, 1.807) is 12.1 Å². The van der Waals surface area contributed by atoms with Crippen molar-refractivity contribution in [2.45, 2.75) is 12.8 Å². The van der Waals surface area contributed by atoms with Gasteiger partial charge in [-0.2, -0.15) is 5.26 Å². The summed E-state index contributed by atoms with van der Waals surface area (Å²) >= 11 is 0. The molecule has 1 aromatic rings. The first kappa shape index (κ1) is 14.4. The molecule has 0 bridgehead atoms. The Morgan fingerprint density at radius 2 is 2.30 bits per heavy atom. The molecular formula is C15H19N3O2. The first-order chi connectivity index (χ1) is 9.70. The fourth-order valence-electron chi connectivity index (χ4n) is 2.46. The van der Waals surface area contributed by atoms with Crippen LogP contribution in [-0.2, 0) is 4.79 Å². The Labute approximate surface area is 118 Å². The summed E-state index contributed by atoms with van der Waals surface area (Å²) in [7, 11) is 0. The lowest BCUT2D eigenvalue weighted by Crippen LogP contribution is -2.42. The zero-order valence-corrected chi connectivity index (χ0v) is 11.4. The number of likely N-dealkylation sites (tertiary alicyclic amines) is 1. The van der Waals surface area contributed by atoms with Crippen LogP contribution in [0.15, 0.2) is 24.3 Å². The summed E-state index contributed by atoms with van der Waals surface area (Å²) in [6.45, 7) is 2.92. The normalized spacial score (nSPS) is 19.2. The van der Waals surface area contributed by atoms with Crippen molar-refractivity contribution in [3.05, 3.63) is 29.8 Å². The predicted molar refractivity (Wildman–Crippen MR) is 75.0 cm³/mol. The molecule has 0 spiro atoms. The van der Waals surface area contributed by atoms with Gasteiger partial charge in [0.1, 0.15) is 18.4 Å². The molecule has 106 valence electrons. The maximum atomic E-state index is 11.2. The molecule has 1 atom stereocenters. The van der Waals surface area contributed by atoms with E-state index in [1.165, 1.54) is 0 Å². The number of benzene rings is 1. The van der Waals surface area contributed by atoms with Crippen molar-refractivity contribution in [1.82, 2.24) is 4.90 Å². The van der Waals surface area contributed by atoms with E-state index < -0.39 is 0 Å². The number of hydrogen-bond donors (Lipinski definition) is 1. The fourth-order valence-corrected chi connectivity index (χ4v) is 2.46. The van der Waals surface area contributed by atoms with Gasteiger partial charge >= 0.3 is 0 Å². The molecule has 1 unspecified atom stereocenters.